The van der Waals surface area contributed by atoms with Gasteiger partial charge in [-0.25, -0.2) is 4.79 Å². The van der Waals surface area contributed by atoms with E-state index in [0.717, 1.165) is 5.56 Å². The number of carbonyl (C=O) groups excluding carboxylic acids is 1. The molecule has 0 bridgehead atoms. The molecule has 1 aromatic heterocycles. The highest BCUT2D eigenvalue weighted by atomic mass is 35.5. The molecule has 0 aliphatic heterocycles. The molecule has 0 aliphatic carbocycles. The lowest BCUT2D eigenvalue weighted by atomic mass is 10.1. The second-order valence-corrected chi connectivity index (χ2v) is 5.94. The van der Waals surface area contributed by atoms with Gasteiger partial charge < -0.3 is 14.6 Å². The van der Waals surface area contributed by atoms with Crippen LogP contribution in [-0.2, 0) is 10.6 Å². The van der Waals surface area contributed by atoms with Crippen LogP contribution in [0.4, 0.5) is 4.79 Å². The van der Waals surface area contributed by atoms with Gasteiger partial charge in [0, 0.05) is 0 Å². The molecule has 0 fully saturated rings. The lowest BCUT2D eigenvalue weighted by Gasteiger charge is -2.22. The summed E-state index contributed by atoms with van der Waals surface area (Å²) in [7, 11) is 0. The summed E-state index contributed by atoms with van der Waals surface area (Å²) in [5, 5.41) is 6.63. The van der Waals surface area contributed by atoms with Crippen LogP contribution in [0.5, 0.6) is 0 Å². The zero-order valence-electron chi connectivity index (χ0n) is 12.7. The Morgan fingerprint density at radius 2 is 2.05 bits per heavy atom. The minimum atomic E-state index is -0.593. The van der Waals surface area contributed by atoms with Crippen LogP contribution in [0, 0.1) is 0 Å². The van der Waals surface area contributed by atoms with Gasteiger partial charge in [-0.3, -0.25) is 0 Å². The number of alkyl carbamates (subject to hydrolysis) is 1. The Morgan fingerprint density at radius 3 is 2.59 bits per heavy atom. The van der Waals surface area contributed by atoms with Crippen molar-refractivity contribution in [1.82, 2.24) is 15.5 Å². The van der Waals surface area contributed by atoms with Gasteiger partial charge in [-0.1, -0.05) is 35.5 Å². The molecular weight excluding hydrogens is 306 g/mol. The standard InChI is InChI=1S/C15H18ClN3O3/c1-15(2,3)21-14(20)18-12(10-7-5-4-6-8-10)13-17-11(9-16)22-19-13/h4-8,12H,9H2,1-3H3,(H,18,20)/t12-/m0/s1. The van der Waals surface area contributed by atoms with Crippen molar-refractivity contribution in [2.75, 3.05) is 0 Å². The number of aromatic nitrogens is 2. The first-order valence-corrected chi connectivity index (χ1v) is 7.35. The van der Waals surface area contributed by atoms with Gasteiger partial charge in [-0.15, -0.1) is 11.6 Å². The lowest BCUT2D eigenvalue weighted by Crippen LogP contribution is -2.35. The molecule has 0 spiro atoms. The Labute approximate surface area is 133 Å². The van der Waals surface area contributed by atoms with Crippen molar-refractivity contribution < 1.29 is 14.1 Å². The van der Waals surface area contributed by atoms with Crippen molar-refractivity contribution in [1.29, 1.82) is 0 Å². The Kier molecular flexibility index (Phi) is 5.03. The van der Waals surface area contributed by atoms with Crippen LogP contribution in [0.2, 0.25) is 0 Å². The van der Waals surface area contributed by atoms with Crippen LogP contribution >= 0.6 is 11.6 Å². The highest BCUT2D eigenvalue weighted by Gasteiger charge is 2.25. The third kappa shape index (κ3) is 4.46. The normalized spacial score (nSPS) is 12.7. The number of rotatable bonds is 4. The first-order chi connectivity index (χ1) is 10.4. The SMILES string of the molecule is CC(C)(C)OC(=O)N[C@@H](c1ccccc1)c1noc(CCl)n1. The quantitative estimate of drug-likeness (QED) is 0.872. The van der Waals surface area contributed by atoms with Crippen LogP contribution in [0.15, 0.2) is 34.9 Å². The molecular formula is C15H18ClN3O3. The van der Waals surface area contributed by atoms with E-state index in [2.05, 4.69) is 15.5 Å². The highest BCUT2D eigenvalue weighted by Crippen LogP contribution is 2.20. The smallest absolute Gasteiger partial charge is 0.408 e. The van der Waals surface area contributed by atoms with E-state index in [0.29, 0.717) is 11.7 Å². The minimum absolute atomic E-state index is 0.112. The Balaban J connectivity index is 2.24. The summed E-state index contributed by atoms with van der Waals surface area (Å²) < 4.78 is 10.3. The number of alkyl halides is 1. The molecule has 6 nitrogen and oxygen atoms in total. The molecule has 0 radical (unpaired) electrons. The van der Waals surface area contributed by atoms with Crippen molar-refractivity contribution in [3.8, 4) is 0 Å². The lowest BCUT2D eigenvalue weighted by molar-refractivity contribution is 0.0510. The zero-order chi connectivity index (χ0) is 16.2. The van der Waals surface area contributed by atoms with Crippen LogP contribution in [-0.4, -0.2) is 21.8 Å². The molecule has 0 saturated heterocycles. The van der Waals surface area contributed by atoms with E-state index in [-0.39, 0.29) is 5.88 Å². The molecule has 1 amide bonds. The van der Waals surface area contributed by atoms with Gasteiger partial charge in [-0.2, -0.15) is 4.98 Å². The van der Waals surface area contributed by atoms with E-state index in [1.165, 1.54) is 0 Å². The number of ether oxygens (including phenoxy) is 1. The Bertz CT molecular complexity index is 622. The van der Waals surface area contributed by atoms with E-state index >= 15 is 0 Å². The highest BCUT2D eigenvalue weighted by molar-refractivity contribution is 6.16. The molecule has 1 N–H and O–H groups in total. The topological polar surface area (TPSA) is 77.2 Å². The number of hydrogen-bond acceptors (Lipinski definition) is 5. The van der Waals surface area contributed by atoms with Crippen LogP contribution < -0.4 is 5.32 Å². The van der Waals surface area contributed by atoms with Gasteiger partial charge in [0.05, 0.1) is 0 Å². The predicted octanol–water partition coefficient (Wildman–Crippen LogP) is 3.42. The third-order valence-electron chi connectivity index (χ3n) is 2.65. The molecule has 118 valence electrons. The van der Waals surface area contributed by atoms with Crippen LogP contribution in [0.25, 0.3) is 0 Å². The molecule has 0 aliphatic rings. The van der Waals surface area contributed by atoms with E-state index in [1.807, 2.05) is 30.3 Å². The fraction of sp³-hybridized carbons (Fsp3) is 0.400. The summed E-state index contributed by atoms with van der Waals surface area (Å²) in [6.07, 6.45) is -0.557. The summed E-state index contributed by atoms with van der Waals surface area (Å²) in [6, 6.07) is 8.76. The molecule has 2 aromatic rings. The molecule has 0 unspecified atom stereocenters. The van der Waals surface area contributed by atoms with E-state index in [1.54, 1.807) is 20.8 Å². The molecule has 1 atom stereocenters. The van der Waals surface area contributed by atoms with Gasteiger partial charge >= 0.3 is 6.09 Å². The molecule has 22 heavy (non-hydrogen) atoms. The fourth-order valence-corrected chi connectivity index (χ4v) is 1.92. The van der Waals surface area contributed by atoms with Crippen LogP contribution in [0.3, 0.4) is 0 Å². The van der Waals surface area contributed by atoms with Crippen molar-refractivity contribution in [3.05, 3.63) is 47.6 Å². The van der Waals surface area contributed by atoms with E-state index in [4.69, 9.17) is 20.9 Å². The van der Waals surface area contributed by atoms with Crippen molar-refractivity contribution in [2.45, 2.75) is 38.3 Å². The Hall–Kier alpha value is -2.08. The second kappa shape index (κ2) is 6.79. The summed E-state index contributed by atoms with van der Waals surface area (Å²) in [4.78, 5) is 16.2. The number of amides is 1. The Morgan fingerprint density at radius 1 is 1.36 bits per heavy atom. The number of hydrogen-bond donors (Lipinski definition) is 1. The van der Waals surface area contributed by atoms with Gasteiger partial charge in [-0.05, 0) is 26.3 Å². The van der Waals surface area contributed by atoms with Crippen molar-refractivity contribution in [3.63, 3.8) is 0 Å². The molecule has 1 heterocycles. The minimum Gasteiger partial charge on any atom is -0.444 e. The van der Waals surface area contributed by atoms with Crippen molar-refractivity contribution >= 4 is 17.7 Å². The maximum absolute atomic E-state index is 12.0. The van der Waals surface area contributed by atoms with Gasteiger partial charge in [0.2, 0.25) is 5.89 Å². The molecule has 1 aromatic carbocycles. The number of carbonyl (C=O) groups is 1. The molecule has 7 heteroatoms. The van der Waals surface area contributed by atoms with E-state index < -0.39 is 17.7 Å². The molecule has 2 rings (SSSR count). The fourth-order valence-electron chi connectivity index (χ4n) is 1.81. The van der Waals surface area contributed by atoms with Crippen LogP contribution in [0.1, 0.15) is 44.1 Å². The predicted molar refractivity (Wildman–Crippen MR) is 81.5 cm³/mol. The maximum atomic E-state index is 12.0. The average Bonchev–Trinajstić information content (AvgIpc) is 2.92. The van der Waals surface area contributed by atoms with Gasteiger partial charge in [0.1, 0.15) is 17.5 Å². The summed E-state index contributed by atoms with van der Waals surface area (Å²) in [6.45, 7) is 5.39. The number of halogens is 1. The monoisotopic (exact) mass is 323 g/mol. The third-order valence-corrected chi connectivity index (χ3v) is 2.88. The van der Waals surface area contributed by atoms with Crippen molar-refractivity contribution in [2.24, 2.45) is 0 Å². The van der Waals surface area contributed by atoms with E-state index in [9.17, 15) is 4.79 Å². The number of nitrogens with one attached hydrogen (secondary N) is 1. The average molecular weight is 324 g/mol. The maximum Gasteiger partial charge on any atom is 0.408 e. The summed E-state index contributed by atoms with van der Waals surface area (Å²) in [5.74, 6) is 0.734. The van der Waals surface area contributed by atoms with Gasteiger partial charge in [0.25, 0.3) is 0 Å². The largest absolute Gasteiger partial charge is 0.444 e. The summed E-state index contributed by atoms with van der Waals surface area (Å²) in [5.41, 5.74) is 0.222. The molecule has 0 saturated carbocycles. The summed E-state index contributed by atoms with van der Waals surface area (Å²) >= 11 is 5.68. The number of nitrogens with zero attached hydrogens (tertiary/aromatic N) is 2. The number of benzene rings is 1. The second-order valence-electron chi connectivity index (χ2n) is 5.67. The zero-order valence-corrected chi connectivity index (χ0v) is 13.4. The first-order valence-electron chi connectivity index (χ1n) is 6.82. The first kappa shape index (κ1) is 16.3. The van der Waals surface area contributed by atoms with Gasteiger partial charge in [0.15, 0.2) is 5.82 Å².